The smallest absolute Gasteiger partial charge is 0.361 e. The van der Waals surface area contributed by atoms with Crippen molar-refractivity contribution in [1.82, 2.24) is 5.16 Å². The minimum Gasteiger partial charge on any atom is -0.361 e. The lowest BCUT2D eigenvalue weighted by Gasteiger charge is -2.00. The average molecular weight is 194 g/mol. The van der Waals surface area contributed by atoms with Crippen LogP contribution >= 0.6 is 0 Å². The molecule has 0 atom stereocenters. The van der Waals surface area contributed by atoms with E-state index in [2.05, 4.69) is 9.68 Å². The van der Waals surface area contributed by atoms with Crippen LogP contribution in [0, 0.1) is 0 Å². The molecule has 1 aromatic heterocycles. The van der Waals surface area contributed by atoms with Crippen molar-refractivity contribution in [1.29, 1.82) is 0 Å². The summed E-state index contributed by atoms with van der Waals surface area (Å²) in [6, 6.07) is 1.28. The van der Waals surface area contributed by atoms with Gasteiger partial charge in [0.25, 0.3) is 0 Å². The van der Waals surface area contributed by atoms with Gasteiger partial charge in [0, 0.05) is 12.5 Å². The highest BCUT2D eigenvalue weighted by atomic mass is 19.4. The molecule has 13 heavy (non-hydrogen) atoms. The number of halogens is 3. The first-order valence-electron chi connectivity index (χ1n) is 3.72. The maximum Gasteiger partial charge on any atom is 0.394 e. The van der Waals surface area contributed by atoms with E-state index in [0.717, 1.165) is 0 Å². The molecule has 74 valence electrons. The Balaban J connectivity index is 2.59. The van der Waals surface area contributed by atoms with Crippen LogP contribution in [-0.4, -0.2) is 17.9 Å². The quantitative estimate of drug-likeness (QED) is 0.788. The van der Waals surface area contributed by atoms with Crippen molar-refractivity contribution in [3.8, 4) is 0 Å². The van der Waals surface area contributed by atoms with E-state index in [4.69, 9.17) is 5.73 Å². The van der Waals surface area contributed by atoms with Crippen molar-refractivity contribution in [2.45, 2.75) is 19.0 Å². The second-order valence-electron chi connectivity index (χ2n) is 2.62. The van der Waals surface area contributed by atoms with Crippen molar-refractivity contribution in [2.24, 2.45) is 5.73 Å². The lowest BCUT2D eigenvalue weighted by Crippen LogP contribution is -2.11. The molecule has 0 aliphatic heterocycles. The molecule has 0 bridgehead atoms. The molecule has 0 saturated carbocycles. The lowest BCUT2D eigenvalue weighted by molar-refractivity contribution is -0.128. The summed E-state index contributed by atoms with van der Waals surface area (Å²) in [6.45, 7) is 0.334. The molecule has 6 heteroatoms. The normalized spacial score (nSPS) is 12.0. The summed E-state index contributed by atoms with van der Waals surface area (Å²) in [7, 11) is 0. The molecule has 0 aliphatic carbocycles. The van der Waals surface area contributed by atoms with Gasteiger partial charge in [-0.15, -0.1) is 0 Å². The average Bonchev–Trinajstić information content (AvgIpc) is 2.33. The number of rotatable bonds is 3. The summed E-state index contributed by atoms with van der Waals surface area (Å²) in [4.78, 5) is 0. The van der Waals surface area contributed by atoms with Crippen molar-refractivity contribution >= 4 is 0 Å². The second-order valence-corrected chi connectivity index (χ2v) is 2.62. The molecular weight excluding hydrogens is 185 g/mol. The maximum atomic E-state index is 11.8. The van der Waals surface area contributed by atoms with Gasteiger partial charge in [-0.3, -0.25) is 0 Å². The minimum atomic E-state index is -4.24. The molecule has 0 saturated heterocycles. The summed E-state index contributed by atoms with van der Waals surface area (Å²) in [5.41, 5.74) is 5.09. The highest BCUT2D eigenvalue weighted by Crippen LogP contribution is 2.20. The number of aromatic nitrogens is 1. The van der Waals surface area contributed by atoms with Crippen LogP contribution < -0.4 is 5.73 Å². The fraction of sp³-hybridized carbons (Fsp3) is 0.571. The van der Waals surface area contributed by atoms with Crippen molar-refractivity contribution < 1.29 is 17.7 Å². The summed E-state index contributed by atoms with van der Waals surface area (Å²) < 4.78 is 40.1. The first-order valence-corrected chi connectivity index (χ1v) is 3.72. The van der Waals surface area contributed by atoms with Crippen LogP contribution in [0.5, 0.6) is 0 Å². The summed E-state index contributed by atoms with van der Waals surface area (Å²) >= 11 is 0. The van der Waals surface area contributed by atoms with Gasteiger partial charge in [-0.2, -0.15) is 13.2 Å². The van der Waals surface area contributed by atoms with E-state index in [9.17, 15) is 13.2 Å². The summed E-state index contributed by atoms with van der Waals surface area (Å²) in [5, 5.41) is 3.27. The Labute approximate surface area is 72.7 Å². The highest BCUT2D eigenvalue weighted by Gasteiger charge is 2.29. The van der Waals surface area contributed by atoms with E-state index in [1.165, 1.54) is 6.07 Å². The molecule has 0 amide bonds. The SMILES string of the molecule is NCCc1cc(CC(F)(F)F)no1. The number of hydrogen-bond donors (Lipinski definition) is 1. The number of nitrogens with two attached hydrogens (primary N) is 1. The lowest BCUT2D eigenvalue weighted by atomic mass is 10.2. The minimum absolute atomic E-state index is 0.101. The number of hydrogen-bond acceptors (Lipinski definition) is 3. The molecule has 1 aromatic rings. The van der Waals surface area contributed by atoms with Crippen LogP contribution in [0.4, 0.5) is 13.2 Å². The molecule has 0 aromatic carbocycles. The maximum absolute atomic E-state index is 11.8. The van der Waals surface area contributed by atoms with Crippen LogP contribution in [-0.2, 0) is 12.8 Å². The highest BCUT2D eigenvalue weighted by molar-refractivity contribution is 5.06. The Morgan fingerprint density at radius 3 is 2.69 bits per heavy atom. The predicted molar refractivity (Wildman–Crippen MR) is 39.0 cm³/mol. The largest absolute Gasteiger partial charge is 0.394 e. The summed E-state index contributed by atoms with van der Waals surface area (Å²) in [6.07, 6.45) is -4.89. The van der Waals surface area contributed by atoms with Gasteiger partial charge in [0.05, 0.1) is 12.1 Å². The van der Waals surface area contributed by atoms with E-state index in [-0.39, 0.29) is 5.69 Å². The predicted octanol–water partition coefficient (Wildman–Crippen LogP) is 1.28. The third-order valence-corrected chi connectivity index (χ3v) is 1.38. The summed E-state index contributed by atoms with van der Waals surface area (Å²) in [5.74, 6) is 0.391. The molecule has 2 N–H and O–H groups in total. The Hall–Kier alpha value is -1.04. The Morgan fingerprint density at radius 2 is 2.15 bits per heavy atom. The fourth-order valence-corrected chi connectivity index (χ4v) is 0.905. The molecule has 1 rings (SSSR count). The van der Waals surface area contributed by atoms with Crippen LogP contribution in [0.1, 0.15) is 11.5 Å². The van der Waals surface area contributed by atoms with E-state index < -0.39 is 12.6 Å². The van der Waals surface area contributed by atoms with Gasteiger partial charge < -0.3 is 10.3 Å². The molecule has 0 aliphatic rings. The van der Waals surface area contributed by atoms with E-state index in [1.54, 1.807) is 0 Å². The van der Waals surface area contributed by atoms with Gasteiger partial charge in [0.15, 0.2) is 0 Å². The molecule has 0 radical (unpaired) electrons. The molecule has 1 heterocycles. The van der Waals surface area contributed by atoms with Gasteiger partial charge in [-0.05, 0) is 6.54 Å². The zero-order chi connectivity index (χ0) is 9.90. The molecule has 0 fully saturated rings. The first-order chi connectivity index (χ1) is 6.01. The van der Waals surface area contributed by atoms with E-state index in [0.29, 0.717) is 18.7 Å². The third-order valence-electron chi connectivity index (χ3n) is 1.38. The fourth-order valence-electron chi connectivity index (χ4n) is 0.905. The second kappa shape index (κ2) is 3.78. The van der Waals surface area contributed by atoms with Gasteiger partial charge in [0.1, 0.15) is 5.76 Å². The van der Waals surface area contributed by atoms with Crippen molar-refractivity contribution in [3.63, 3.8) is 0 Å². The van der Waals surface area contributed by atoms with Gasteiger partial charge in [0.2, 0.25) is 0 Å². The Bertz CT molecular complexity index is 269. The third kappa shape index (κ3) is 3.45. The molecule has 3 nitrogen and oxygen atoms in total. The molecule has 0 spiro atoms. The van der Waals surface area contributed by atoms with Crippen molar-refractivity contribution in [3.05, 3.63) is 17.5 Å². The zero-order valence-electron chi connectivity index (χ0n) is 6.77. The Kier molecular flexibility index (Phi) is 2.92. The van der Waals surface area contributed by atoms with Crippen LogP contribution in [0.3, 0.4) is 0 Å². The van der Waals surface area contributed by atoms with Gasteiger partial charge in [-0.1, -0.05) is 5.16 Å². The number of alkyl halides is 3. The van der Waals surface area contributed by atoms with Crippen LogP contribution in [0.25, 0.3) is 0 Å². The van der Waals surface area contributed by atoms with Crippen molar-refractivity contribution in [2.75, 3.05) is 6.54 Å². The van der Waals surface area contributed by atoms with Crippen LogP contribution in [0.2, 0.25) is 0 Å². The van der Waals surface area contributed by atoms with E-state index >= 15 is 0 Å². The van der Waals surface area contributed by atoms with Gasteiger partial charge >= 0.3 is 6.18 Å². The first kappa shape index (κ1) is 10.0. The monoisotopic (exact) mass is 194 g/mol. The standard InChI is InChI=1S/C7H9F3N2O/c8-7(9,10)4-5-3-6(1-2-11)13-12-5/h3H,1-2,4,11H2. The van der Waals surface area contributed by atoms with Gasteiger partial charge in [-0.25, -0.2) is 0 Å². The topological polar surface area (TPSA) is 52.0 Å². The zero-order valence-corrected chi connectivity index (χ0v) is 6.77. The van der Waals surface area contributed by atoms with Crippen LogP contribution in [0.15, 0.2) is 10.6 Å². The molecule has 0 unspecified atom stereocenters. The molecular formula is C7H9F3N2O. The number of nitrogens with zero attached hydrogens (tertiary/aromatic N) is 1. The Morgan fingerprint density at radius 1 is 1.46 bits per heavy atom. The van der Waals surface area contributed by atoms with E-state index in [1.807, 2.05) is 0 Å².